The van der Waals surface area contributed by atoms with Gasteiger partial charge in [-0.1, -0.05) is 82.3 Å². The third kappa shape index (κ3) is 5.73. The van der Waals surface area contributed by atoms with E-state index in [-0.39, 0.29) is 34.3 Å². The van der Waals surface area contributed by atoms with Crippen LogP contribution in [0.5, 0.6) is 5.75 Å². The van der Waals surface area contributed by atoms with Crippen LogP contribution in [-0.2, 0) is 17.9 Å². The first-order valence-corrected chi connectivity index (χ1v) is 12.4. The van der Waals surface area contributed by atoms with Crippen LogP contribution in [0.25, 0.3) is 6.08 Å². The highest BCUT2D eigenvalue weighted by atomic mass is 35.5. The number of hydrogen-bond acceptors (Lipinski definition) is 4. The van der Waals surface area contributed by atoms with Gasteiger partial charge < -0.3 is 4.74 Å². The van der Waals surface area contributed by atoms with Crippen molar-refractivity contribution < 1.29 is 14.3 Å². The largest absolute Gasteiger partial charge is 0.486 e. The van der Waals surface area contributed by atoms with Gasteiger partial charge in [0.25, 0.3) is 11.1 Å². The van der Waals surface area contributed by atoms with E-state index in [1.165, 1.54) is 4.90 Å². The van der Waals surface area contributed by atoms with E-state index < -0.39 is 0 Å². The zero-order valence-electron chi connectivity index (χ0n) is 17.8. The minimum atomic E-state index is -0.360. The maximum absolute atomic E-state index is 12.9. The van der Waals surface area contributed by atoms with Crippen LogP contribution in [0.1, 0.15) is 22.3 Å². The first-order chi connectivity index (χ1) is 16.2. The topological polar surface area (TPSA) is 46.6 Å². The molecule has 0 radical (unpaired) electrons. The van der Waals surface area contributed by atoms with Crippen LogP contribution < -0.4 is 4.74 Å². The molecule has 4 rings (SSSR count). The predicted octanol–water partition coefficient (Wildman–Crippen LogP) is 8.42. The number of thioether (sulfide) groups is 1. The van der Waals surface area contributed by atoms with E-state index >= 15 is 0 Å². The van der Waals surface area contributed by atoms with E-state index in [4.69, 9.17) is 51.1 Å². The third-order valence-corrected chi connectivity index (χ3v) is 7.06. The molecular weight excluding hydrogens is 536 g/mol. The summed E-state index contributed by atoms with van der Waals surface area (Å²) in [5.74, 6) is -0.0690. The fraction of sp³-hybridized carbons (Fsp3) is 0.120. The number of hydrogen-bond donors (Lipinski definition) is 0. The van der Waals surface area contributed by atoms with Crippen molar-refractivity contribution in [1.82, 2.24) is 4.90 Å². The Morgan fingerprint density at radius 1 is 0.941 bits per heavy atom. The van der Waals surface area contributed by atoms with Crippen molar-refractivity contribution in [3.63, 3.8) is 0 Å². The molecule has 0 bridgehead atoms. The first kappa shape index (κ1) is 25.0. The van der Waals surface area contributed by atoms with E-state index in [0.717, 1.165) is 28.5 Å². The number of amides is 2. The second-order valence-electron chi connectivity index (χ2n) is 7.59. The van der Waals surface area contributed by atoms with Crippen molar-refractivity contribution >= 4 is 75.4 Å². The second-order valence-corrected chi connectivity index (χ2v) is 10.2. The van der Waals surface area contributed by atoms with Gasteiger partial charge in [0.2, 0.25) is 0 Å². The van der Waals surface area contributed by atoms with Gasteiger partial charge in [-0.05, 0) is 60.2 Å². The molecule has 0 atom stereocenters. The highest BCUT2D eigenvalue weighted by molar-refractivity contribution is 8.18. The van der Waals surface area contributed by atoms with Gasteiger partial charge in [-0.3, -0.25) is 14.5 Å². The summed E-state index contributed by atoms with van der Waals surface area (Å²) in [6.07, 6.45) is 1.60. The van der Waals surface area contributed by atoms with Crippen molar-refractivity contribution in [3.05, 3.63) is 102 Å². The molecule has 0 N–H and O–H groups in total. The molecule has 0 saturated carbocycles. The molecule has 1 fully saturated rings. The number of ether oxygens (including phenoxy) is 1. The molecule has 2 amide bonds. The maximum atomic E-state index is 12.9. The molecule has 0 aromatic heterocycles. The highest BCUT2D eigenvalue weighted by Gasteiger charge is 2.35. The van der Waals surface area contributed by atoms with Crippen molar-refractivity contribution in [2.45, 2.75) is 20.1 Å². The summed E-state index contributed by atoms with van der Waals surface area (Å²) >= 11 is 25.8. The first-order valence-electron chi connectivity index (χ1n) is 10.1. The summed E-state index contributed by atoms with van der Waals surface area (Å²) in [5, 5.41) is 1.20. The number of carbonyl (C=O) groups excluding carboxylic acids is 2. The molecule has 4 nitrogen and oxygen atoms in total. The van der Waals surface area contributed by atoms with Crippen LogP contribution in [0.3, 0.4) is 0 Å². The molecule has 1 heterocycles. The van der Waals surface area contributed by atoms with Gasteiger partial charge in [0.15, 0.2) is 5.75 Å². The number of nitrogens with zero attached hydrogens (tertiary/aromatic N) is 1. The monoisotopic (exact) mass is 551 g/mol. The zero-order chi connectivity index (χ0) is 24.4. The Balaban J connectivity index is 1.50. The van der Waals surface area contributed by atoms with Gasteiger partial charge in [-0.25, -0.2) is 0 Å². The quantitative estimate of drug-likeness (QED) is 0.288. The van der Waals surface area contributed by atoms with Crippen molar-refractivity contribution in [2.24, 2.45) is 0 Å². The van der Waals surface area contributed by atoms with Crippen LogP contribution in [0.2, 0.25) is 20.1 Å². The van der Waals surface area contributed by atoms with Gasteiger partial charge >= 0.3 is 0 Å². The minimum absolute atomic E-state index is 0.145. The summed E-state index contributed by atoms with van der Waals surface area (Å²) in [7, 11) is 0. The number of halogens is 4. The Hall–Kier alpha value is -2.15. The lowest BCUT2D eigenvalue weighted by molar-refractivity contribution is -0.123. The third-order valence-electron chi connectivity index (χ3n) is 5.00. The molecule has 0 spiro atoms. The van der Waals surface area contributed by atoms with Crippen LogP contribution in [0, 0.1) is 6.92 Å². The van der Waals surface area contributed by atoms with Gasteiger partial charge in [0.1, 0.15) is 6.61 Å². The fourth-order valence-electron chi connectivity index (χ4n) is 3.37. The number of carbonyl (C=O) groups is 2. The number of benzene rings is 3. The van der Waals surface area contributed by atoms with Gasteiger partial charge in [0, 0.05) is 15.6 Å². The number of rotatable bonds is 6. The van der Waals surface area contributed by atoms with Crippen LogP contribution in [0.4, 0.5) is 4.79 Å². The predicted molar refractivity (Wildman–Crippen MR) is 140 cm³/mol. The van der Waals surface area contributed by atoms with E-state index in [2.05, 4.69) is 0 Å². The van der Waals surface area contributed by atoms with Gasteiger partial charge in [-0.15, -0.1) is 0 Å². The van der Waals surface area contributed by atoms with Crippen LogP contribution >= 0.6 is 58.2 Å². The Labute approximate surface area is 221 Å². The van der Waals surface area contributed by atoms with Gasteiger partial charge in [0.05, 0.1) is 21.5 Å². The average Bonchev–Trinajstić information content (AvgIpc) is 3.02. The van der Waals surface area contributed by atoms with Crippen molar-refractivity contribution in [1.29, 1.82) is 0 Å². The molecule has 3 aromatic rings. The molecule has 0 aliphatic carbocycles. The standard InChI is InChI=1S/C25H17Cl4NO3S/c1-14-3-2-4-15(7-14)12-30-24(31)22(34-25(30)32)10-16-8-20(28)23(21(29)9-16)33-13-17-5-6-18(26)11-19(17)27/h2-11H,12-13H2,1H3/b22-10-. The minimum Gasteiger partial charge on any atom is -0.486 e. The molecule has 3 aromatic carbocycles. The zero-order valence-corrected chi connectivity index (χ0v) is 21.6. The molecule has 174 valence electrons. The number of imide groups is 1. The maximum Gasteiger partial charge on any atom is 0.293 e. The van der Waals surface area contributed by atoms with E-state index in [1.807, 2.05) is 31.2 Å². The lowest BCUT2D eigenvalue weighted by Crippen LogP contribution is -2.27. The molecule has 0 unspecified atom stereocenters. The van der Waals surface area contributed by atoms with E-state index in [9.17, 15) is 9.59 Å². The molecule has 1 aliphatic rings. The summed E-state index contributed by atoms with van der Waals surface area (Å²) in [6.45, 7) is 2.32. The average molecular weight is 553 g/mol. The smallest absolute Gasteiger partial charge is 0.293 e. The Kier molecular flexibility index (Phi) is 7.80. The summed E-state index contributed by atoms with van der Waals surface area (Å²) < 4.78 is 5.78. The summed E-state index contributed by atoms with van der Waals surface area (Å²) in [6, 6.07) is 16.0. The molecular formula is C25H17Cl4NO3S. The SMILES string of the molecule is Cc1cccc(CN2C(=O)S/C(=C\c3cc(Cl)c(OCc4ccc(Cl)cc4Cl)c(Cl)c3)C2=O)c1. The second kappa shape index (κ2) is 10.6. The molecule has 1 aliphatic heterocycles. The Morgan fingerprint density at radius 3 is 2.35 bits per heavy atom. The van der Waals surface area contributed by atoms with Crippen molar-refractivity contribution in [2.75, 3.05) is 0 Å². The summed E-state index contributed by atoms with van der Waals surface area (Å²) in [5.41, 5.74) is 3.25. The highest BCUT2D eigenvalue weighted by Crippen LogP contribution is 2.38. The Morgan fingerprint density at radius 2 is 1.68 bits per heavy atom. The normalized spacial score (nSPS) is 14.9. The Bertz CT molecular complexity index is 1300. The van der Waals surface area contributed by atoms with Crippen molar-refractivity contribution in [3.8, 4) is 5.75 Å². The van der Waals surface area contributed by atoms with Crippen LogP contribution in [0.15, 0.2) is 59.5 Å². The lowest BCUT2D eigenvalue weighted by Gasteiger charge is -2.13. The fourth-order valence-corrected chi connectivity index (χ4v) is 5.28. The summed E-state index contributed by atoms with van der Waals surface area (Å²) in [4.78, 5) is 26.9. The lowest BCUT2D eigenvalue weighted by atomic mass is 10.1. The van der Waals surface area contributed by atoms with Gasteiger partial charge in [-0.2, -0.15) is 0 Å². The molecule has 1 saturated heterocycles. The van der Waals surface area contributed by atoms with E-state index in [0.29, 0.717) is 26.3 Å². The molecule has 34 heavy (non-hydrogen) atoms. The molecule has 9 heteroatoms. The van der Waals surface area contributed by atoms with E-state index in [1.54, 1.807) is 36.4 Å². The number of aryl methyl sites for hydroxylation is 1. The van der Waals surface area contributed by atoms with Crippen LogP contribution in [-0.4, -0.2) is 16.0 Å².